The van der Waals surface area contributed by atoms with E-state index in [2.05, 4.69) is 6.07 Å². The van der Waals surface area contributed by atoms with Crippen LogP contribution in [0.2, 0.25) is 0 Å². The fraction of sp³-hybridized carbons (Fsp3) is 0.167. The molecular weight excluding hydrogens is 192 g/mol. The second-order valence-electron chi connectivity index (χ2n) is 3.05. The van der Waals surface area contributed by atoms with Crippen molar-refractivity contribution in [2.24, 2.45) is 0 Å². The molecule has 1 nitrogen and oxygen atoms in total. The van der Waals surface area contributed by atoms with Gasteiger partial charge in [0.05, 0.1) is 11.5 Å². The standard InChI is InChI=1S/C12H11OS/c1-2-13-11-8-7-9-5-3-4-6-10(9)12(11)14/h3-8H,2H2,1H3. The van der Waals surface area contributed by atoms with Crippen LogP contribution in [0.5, 0.6) is 5.75 Å². The third kappa shape index (κ3) is 1.53. The molecule has 0 bridgehead atoms. The fourth-order valence-corrected chi connectivity index (χ4v) is 1.81. The first-order chi connectivity index (χ1) is 6.83. The number of hydrogen-bond donors (Lipinski definition) is 0. The van der Waals surface area contributed by atoms with Crippen LogP contribution in [0.1, 0.15) is 6.92 Å². The molecule has 1 radical (unpaired) electrons. The Balaban J connectivity index is 2.63. The molecule has 0 heterocycles. The summed E-state index contributed by atoms with van der Waals surface area (Å²) in [4.78, 5) is 0.810. The lowest BCUT2D eigenvalue weighted by Crippen LogP contribution is -1.92. The van der Waals surface area contributed by atoms with Crippen molar-refractivity contribution in [1.29, 1.82) is 0 Å². The quantitative estimate of drug-likeness (QED) is 0.721. The van der Waals surface area contributed by atoms with Crippen molar-refractivity contribution >= 4 is 23.4 Å². The van der Waals surface area contributed by atoms with Gasteiger partial charge in [-0.05, 0) is 18.4 Å². The first-order valence-electron chi connectivity index (χ1n) is 4.64. The minimum absolute atomic E-state index is 0.655. The highest BCUT2D eigenvalue weighted by Crippen LogP contribution is 2.30. The normalized spacial score (nSPS) is 10.4. The highest BCUT2D eigenvalue weighted by Gasteiger charge is 2.04. The predicted molar refractivity (Wildman–Crippen MR) is 61.0 cm³/mol. The zero-order chi connectivity index (χ0) is 9.97. The Bertz CT molecular complexity index is 451. The molecule has 0 fully saturated rings. The van der Waals surface area contributed by atoms with E-state index in [1.54, 1.807) is 0 Å². The maximum Gasteiger partial charge on any atom is 0.137 e. The largest absolute Gasteiger partial charge is 0.492 e. The van der Waals surface area contributed by atoms with Crippen LogP contribution in [0.3, 0.4) is 0 Å². The third-order valence-electron chi connectivity index (χ3n) is 2.14. The average molecular weight is 203 g/mol. The summed E-state index contributed by atoms with van der Waals surface area (Å²) in [5, 5.41) is 2.26. The summed E-state index contributed by atoms with van der Waals surface area (Å²) < 4.78 is 5.44. The van der Waals surface area contributed by atoms with Crippen LogP contribution in [0.25, 0.3) is 10.8 Å². The van der Waals surface area contributed by atoms with E-state index in [9.17, 15) is 0 Å². The molecule has 2 heteroatoms. The van der Waals surface area contributed by atoms with E-state index in [1.807, 2.05) is 37.3 Å². The molecule has 0 aliphatic carbocycles. The Hall–Kier alpha value is -1.28. The molecule has 0 N–H and O–H groups in total. The number of hydrogen-bond acceptors (Lipinski definition) is 1. The van der Waals surface area contributed by atoms with Gasteiger partial charge in [0.25, 0.3) is 0 Å². The molecule has 0 saturated heterocycles. The molecule has 0 atom stereocenters. The lowest BCUT2D eigenvalue weighted by atomic mass is 10.1. The van der Waals surface area contributed by atoms with Crippen LogP contribution in [-0.2, 0) is 0 Å². The fourth-order valence-electron chi connectivity index (χ4n) is 1.49. The van der Waals surface area contributed by atoms with Crippen LogP contribution >= 0.6 is 12.6 Å². The molecule has 2 aromatic rings. The first kappa shape index (κ1) is 9.28. The van der Waals surface area contributed by atoms with Crippen LogP contribution < -0.4 is 4.74 Å². The third-order valence-corrected chi connectivity index (χ3v) is 2.56. The molecule has 0 aromatic heterocycles. The number of ether oxygens (including phenoxy) is 1. The van der Waals surface area contributed by atoms with E-state index < -0.39 is 0 Å². The van der Waals surface area contributed by atoms with Gasteiger partial charge in [-0.15, -0.1) is 0 Å². The molecule has 0 spiro atoms. The van der Waals surface area contributed by atoms with Gasteiger partial charge in [-0.2, -0.15) is 0 Å². The van der Waals surface area contributed by atoms with Crippen LogP contribution in [0, 0.1) is 0 Å². The van der Waals surface area contributed by atoms with Crippen molar-refractivity contribution in [3.05, 3.63) is 36.4 Å². The van der Waals surface area contributed by atoms with E-state index in [0.29, 0.717) is 6.61 Å². The van der Waals surface area contributed by atoms with Crippen molar-refractivity contribution in [2.45, 2.75) is 11.8 Å². The SMILES string of the molecule is CCOc1ccc2ccccc2c1[S]. The lowest BCUT2D eigenvalue weighted by Gasteiger charge is -2.07. The topological polar surface area (TPSA) is 9.23 Å². The second-order valence-corrected chi connectivity index (χ2v) is 3.46. The number of fused-ring (bicyclic) bond motifs is 1. The van der Waals surface area contributed by atoms with Crippen molar-refractivity contribution < 1.29 is 4.74 Å². The minimum atomic E-state index is 0.655. The maximum absolute atomic E-state index is 5.44. The summed E-state index contributed by atoms with van der Waals surface area (Å²) >= 11 is 5.33. The van der Waals surface area contributed by atoms with Gasteiger partial charge in [0.2, 0.25) is 0 Å². The highest BCUT2D eigenvalue weighted by atomic mass is 32.1. The summed E-state index contributed by atoms with van der Waals surface area (Å²) in [5.74, 6) is 0.807. The van der Waals surface area contributed by atoms with Gasteiger partial charge in [-0.1, -0.05) is 43.0 Å². The van der Waals surface area contributed by atoms with E-state index >= 15 is 0 Å². The molecule has 0 aliphatic rings. The van der Waals surface area contributed by atoms with E-state index in [0.717, 1.165) is 16.0 Å². The molecule has 0 saturated carbocycles. The molecule has 0 unspecified atom stereocenters. The zero-order valence-electron chi connectivity index (χ0n) is 7.99. The Morgan fingerprint density at radius 2 is 1.93 bits per heavy atom. The summed E-state index contributed by atoms with van der Waals surface area (Å²) in [6.07, 6.45) is 0. The summed E-state index contributed by atoms with van der Waals surface area (Å²) in [5.41, 5.74) is 0. The van der Waals surface area contributed by atoms with Gasteiger partial charge >= 0.3 is 0 Å². The van der Waals surface area contributed by atoms with E-state index in [-0.39, 0.29) is 0 Å². The Morgan fingerprint density at radius 1 is 1.14 bits per heavy atom. The average Bonchev–Trinajstić information content (AvgIpc) is 2.23. The summed E-state index contributed by atoms with van der Waals surface area (Å²) in [6, 6.07) is 12.1. The van der Waals surface area contributed by atoms with Gasteiger partial charge in [0.15, 0.2) is 0 Å². The van der Waals surface area contributed by atoms with Gasteiger partial charge < -0.3 is 4.74 Å². The molecule has 0 aliphatic heterocycles. The Labute approximate surface area is 89.1 Å². The lowest BCUT2D eigenvalue weighted by molar-refractivity contribution is 0.333. The number of rotatable bonds is 2. The van der Waals surface area contributed by atoms with Gasteiger partial charge in [0, 0.05) is 5.39 Å². The molecule has 0 amide bonds. The highest BCUT2D eigenvalue weighted by molar-refractivity contribution is 7.80. The van der Waals surface area contributed by atoms with Gasteiger partial charge in [0.1, 0.15) is 5.75 Å². The second kappa shape index (κ2) is 3.84. The molecule has 2 rings (SSSR count). The Morgan fingerprint density at radius 3 is 2.71 bits per heavy atom. The minimum Gasteiger partial charge on any atom is -0.492 e. The van der Waals surface area contributed by atoms with Crippen molar-refractivity contribution in [3.8, 4) is 5.75 Å². The van der Waals surface area contributed by atoms with Crippen LogP contribution in [-0.4, -0.2) is 6.61 Å². The molecule has 71 valence electrons. The van der Waals surface area contributed by atoms with E-state index in [1.165, 1.54) is 5.39 Å². The van der Waals surface area contributed by atoms with E-state index in [4.69, 9.17) is 17.4 Å². The van der Waals surface area contributed by atoms with Crippen molar-refractivity contribution in [3.63, 3.8) is 0 Å². The van der Waals surface area contributed by atoms with Gasteiger partial charge in [-0.3, -0.25) is 0 Å². The van der Waals surface area contributed by atoms with Crippen LogP contribution in [0.4, 0.5) is 0 Å². The van der Waals surface area contributed by atoms with Crippen LogP contribution in [0.15, 0.2) is 41.3 Å². The molecular formula is C12H11OS. The monoisotopic (exact) mass is 203 g/mol. The number of benzene rings is 2. The summed E-state index contributed by atoms with van der Waals surface area (Å²) in [7, 11) is 0. The summed E-state index contributed by atoms with van der Waals surface area (Å²) in [6.45, 7) is 2.62. The molecule has 2 aromatic carbocycles. The van der Waals surface area contributed by atoms with Gasteiger partial charge in [-0.25, -0.2) is 0 Å². The first-order valence-corrected chi connectivity index (χ1v) is 5.05. The smallest absolute Gasteiger partial charge is 0.137 e. The van der Waals surface area contributed by atoms with Crippen molar-refractivity contribution in [1.82, 2.24) is 0 Å². The Kier molecular flexibility index (Phi) is 2.55. The molecule has 14 heavy (non-hydrogen) atoms. The zero-order valence-corrected chi connectivity index (χ0v) is 8.80. The maximum atomic E-state index is 5.44. The van der Waals surface area contributed by atoms with Crippen molar-refractivity contribution in [2.75, 3.05) is 6.61 Å². The predicted octanol–water partition coefficient (Wildman–Crippen LogP) is 3.79.